The number of halogens is 1. The van der Waals surface area contributed by atoms with Crippen molar-refractivity contribution in [3.05, 3.63) is 35.6 Å². The average Bonchev–Trinajstić information content (AvgIpc) is 2.15. The predicted octanol–water partition coefficient (Wildman–Crippen LogP) is 4.32. The lowest BCUT2D eigenvalue weighted by Gasteiger charge is -2.25. The van der Waals surface area contributed by atoms with Crippen molar-refractivity contribution in [2.45, 2.75) is 46.6 Å². The molecule has 0 heterocycles. The molecule has 0 saturated heterocycles. The average molecular weight is 238 g/mol. The van der Waals surface area contributed by atoms with E-state index in [2.05, 4.69) is 27.7 Å². The molecule has 2 atom stereocenters. The first-order valence-electron chi connectivity index (χ1n) is 6.21. The van der Waals surface area contributed by atoms with Gasteiger partial charge in [0.05, 0.1) is 6.10 Å². The SMILES string of the molecule is CC(CC(O)c1ccc(F)cc1)CC(C)(C)C. The number of hydrogen-bond donors (Lipinski definition) is 1. The molecule has 96 valence electrons. The molecule has 0 aliphatic heterocycles. The quantitative estimate of drug-likeness (QED) is 0.828. The molecule has 1 N–H and O–H groups in total. The lowest BCUT2D eigenvalue weighted by molar-refractivity contribution is 0.134. The molecule has 17 heavy (non-hydrogen) atoms. The van der Waals surface area contributed by atoms with Gasteiger partial charge in [0, 0.05) is 0 Å². The van der Waals surface area contributed by atoms with Crippen LogP contribution >= 0.6 is 0 Å². The van der Waals surface area contributed by atoms with Gasteiger partial charge >= 0.3 is 0 Å². The third-order valence-electron chi connectivity index (χ3n) is 2.84. The van der Waals surface area contributed by atoms with Gasteiger partial charge in [-0.25, -0.2) is 4.39 Å². The molecule has 0 spiro atoms. The third-order valence-corrected chi connectivity index (χ3v) is 2.84. The molecule has 0 aliphatic carbocycles. The minimum atomic E-state index is -0.493. The Morgan fingerprint density at radius 3 is 2.18 bits per heavy atom. The van der Waals surface area contributed by atoms with Crippen LogP contribution in [0.15, 0.2) is 24.3 Å². The lowest BCUT2D eigenvalue weighted by atomic mass is 9.82. The maximum atomic E-state index is 12.8. The second-order valence-electron chi connectivity index (χ2n) is 6.17. The molecule has 1 aromatic carbocycles. The first kappa shape index (κ1) is 14.2. The van der Waals surface area contributed by atoms with Gasteiger partial charge in [-0.1, -0.05) is 39.8 Å². The van der Waals surface area contributed by atoms with Crippen LogP contribution in [0.5, 0.6) is 0 Å². The molecule has 1 rings (SSSR count). The van der Waals surface area contributed by atoms with Crippen molar-refractivity contribution in [2.24, 2.45) is 11.3 Å². The molecular weight excluding hydrogens is 215 g/mol. The van der Waals surface area contributed by atoms with E-state index in [1.807, 2.05) is 0 Å². The molecule has 0 aromatic heterocycles. The van der Waals surface area contributed by atoms with Gasteiger partial charge in [-0.2, -0.15) is 0 Å². The summed E-state index contributed by atoms with van der Waals surface area (Å²) in [6.07, 6.45) is 1.31. The molecule has 0 saturated carbocycles. The van der Waals surface area contributed by atoms with Crippen LogP contribution in [0.1, 0.15) is 52.2 Å². The van der Waals surface area contributed by atoms with Gasteiger partial charge in [-0.05, 0) is 41.9 Å². The van der Waals surface area contributed by atoms with Gasteiger partial charge in [0.2, 0.25) is 0 Å². The molecule has 2 unspecified atom stereocenters. The zero-order valence-electron chi connectivity index (χ0n) is 11.2. The second-order valence-corrected chi connectivity index (χ2v) is 6.17. The summed E-state index contributed by atoms with van der Waals surface area (Å²) in [6, 6.07) is 6.10. The van der Waals surface area contributed by atoms with E-state index >= 15 is 0 Å². The number of aliphatic hydroxyl groups is 1. The largest absolute Gasteiger partial charge is 0.388 e. The van der Waals surface area contributed by atoms with E-state index in [0.717, 1.165) is 18.4 Å². The van der Waals surface area contributed by atoms with Crippen LogP contribution in [-0.2, 0) is 0 Å². The Bertz CT molecular complexity index is 337. The highest BCUT2D eigenvalue weighted by molar-refractivity contribution is 5.18. The monoisotopic (exact) mass is 238 g/mol. The van der Waals surface area contributed by atoms with Crippen molar-refractivity contribution in [3.63, 3.8) is 0 Å². The molecule has 1 aromatic rings. The number of benzene rings is 1. The van der Waals surface area contributed by atoms with E-state index in [9.17, 15) is 9.50 Å². The van der Waals surface area contributed by atoms with E-state index in [1.165, 1.54) is 12.1 Å². The van der Waals surface area contributed by atoms with Crippen molar-refractivity contribution < 1.29 is 9.50 Å². The first-order valence-corrected chi connectivity index (χ1v) is 6.21. The van der Waals surface area contributed by atoms with E-state index in [0.29, 0.717) is 5.92 Å². The fraction of sp³-hybridized carbons (Fsp3) is 0.600. The lowest BCUT2D eigenvalue weighted by Crippen LogP contribution is -2.13. The second kappa shape index (κ2) is 5.63. The summed E-state index contributed by atoms with van der Waals surface area (Å²) < 4.78 is 12.8. The van der Waals surface area contributed by atoms with Gasteiger partial charge in [-0.3, -0.25) is 0 Å². The van der Waals surface area contributed by atoms with Crippen LogP contribution in [0.3, 0.4) is 0 Å². The van der Waals surface area contributed by atoms with Crippen LogP contribution in [0.4, 0.5) is 4.39 Å². The first-order chi connectivity index (χ1) is 7.78. The smallest absolute Gasteiger partial charge is 0.123 e. The van der Waals surface area contributed by atoms with Crippen molar-refractivity contribution in [2.75, 3.05) is 0 Å². The molecule has 2 heteroatoms. The van der Waals surface area contributed by atoms with E-state index in [1.54, 1.807) is 12.1 Å². The summed E-state index contributed by atoms with van der Waals surface area (Å²) in [5, 5.41) is 10.1. The van der Waals surface area contributed by atoms with Crippen molar-refractivity contribution in [1.82, 2.24) is 0 Å². The van der Waals surface area contributed by atoms with Crippen molar-refractivity contribution >= 4 is 0 Å². The van der Waals surface area contributed by atoms with Crippen molar-refractivity contribution in [3.8, 4) is 0 Å². The topological polar surface area (TPSA) is 20.2 Å². The molecule has 0 amide bonds. The Morgan fingerprint density at radius 1 is 1.18 bits per heavy atom. The van der Waals surface area contributed by atoms with Gasteiger partial charge in [0.1, 0.15) is 5.82 Å². The fourth-order valence-electron chi connectivity index (χ4n) is 2.33. The number of hydrogen-bond acceptors (Lipinski definition) is 1. The molecule has 0 aliphatic rings. The van der Waals surface area contributed by atoms with Crippen LogP contribution in [0.2, 0.25) is 0 Å². The Labute approximate surface area is 104 Å². The minimum Gasteiger partial charge on any atom is -0.388 e. The number of aliphatic hydroxyl groups excluding tert-OH is 1. The summed E-state index contributed by atoms with van der Waals surface area (Å²) in [6.45, 7) is 8.76. The van der Waals surface area contributed by atoms with Gasteiger partial charge < -0.3 is 5.11 Å². The summed E-state index contributed by atoms with van der Waals surface area (Å²) in [5.74, 6) is 0.193. The van der Waals surface area contributed by atoms with Crippen molar-refractivity contribution in [1.29, 1.82) is 0 Å². The van der Waals surface area contributed by atoms with Crippen LogP contribution in [0, 0.1) is 17.2 Å². The van der Waals surface area contributed by atoms with Gasteiger partial charge in [0.15, 0.2) is 0 Å². The predicted molar refractivity (Wildman–Crippen MR) is 69.2 cm³/mol. The Morgan fingerprint density at radius 2 is 1.71 bits per heavy atom. The summed E-state index contributed by atoms with van der Waals surface area (Å²) >= 11 is 0. The van der Waals surface area contributed by atoms with E-state index in [-0.39, 0.29) is 11.2 Å². The van der Waals surface area contributed by atoms with Crippen LogP contribution in [-0.4, -0.2) is 5.11 Å². The molecule has 0 bridgehead atoms. The van der Waals surface area contributed by atoms with Crippen LogP contribution in [0.25, 0.3) is 0 Å². The molecule has 1 nitrogen and oxygen atoms in total. The highest BCUT2D eigenvalue weighted by Crippen LogP contribution is 2.30. The number of rotatable bonds is 4. The Kier molecular flexibility index (Phi) is 4.70. The molecule has 0 fully saturated rings. The standard InChI is InChI=1S/C15H23FO/c1-11(10-15(2,3)4)9-14(17)12-5-7-13(16)8-6-12/h5-8,11,14,17H,9-10H2,1-4H3. The maximum Gasteiger partial charge on any atom is 0.123 e. The minimum absolute atomic E-state index is 0.260. The maximum absolute atomic E-state index is 12.8. The zero-order valence-corrected chi connectivity index (χ0v) is 11.2. The van der Waals surface area contributed by atoms with Crippen LogP contribution < -0.4 is 0 Å². The zero-order chi connectivity index (χ0) is 13.1. The van der Waals surface area contributed by atoms with E-state index in [4.69, 9.17) is 0 Å². The fourth-order valence-corrected chi connectivity index (χ4v) is 2.33. The van der Waals surface area contributed by atoms with E-state index < -0.39 is 6.10 Å². The van der Waals surface area contributed by atoms with Gasteiger partial charge in [0.25, 0.3) is 0 Å². The Balaban J connectivity index is 2.54. The molecular formula is C15H23FO. The summed E-state index contributed by atoms with van der Waals surface area (Å²) in [4.78, 5) is 0. The summed E-state index contributed by atoms with van der Waals surface area (Å²) in [5.41, 5.74) is 1.08. The highest BCUT2D eigenvalue weighted by atomic mass is 19.1. The Hall–Kier alpha value is -0.890. The normalized spacial score (nSPS) is 15.6. The third kappa shape index (κ3) is 5.31. The van der Waals surface area contributed by atoms with Gasteiger partial charge in [-0.15, -0.1) is 0 Å². The molecule has 0 radical (unpaired) electrons. The highest BCUT2D eigenvalue weighted by Gasteiger charge is 2.18. The summed E-state index contributed by atoms with van der Waals surface area (Å²) in [7, 11) is 0.